The molecule has 0 unspecified atom stereocenters. The summed E-state index contributed by atoms with van der Waals surface area (Å²) in [5.41, 5.74) is 1.72. The highest BCUT2D eigenvalue weighted by Crippen LogP contribution is 2.16. The van der Waals surface area contributed by atoms with Crippen molar-refractivity contribution in [1.29, 1.82) is 0 Å². The number of rotatable bonds is 11. The Morgan fingerprint density at radius 2 is 1.52 bits per heavy atom. The molecular weight excluding hydrogens is 442 g/mol. The van der Waals surface area contributed by atoms with Crippen LogP contribution in [0.25, 0.3) is 0 Å². The SMILES string of the molecule is COCCNS(=O)(=O)c1ccc(C(=O)NCCNS(=O)(=O)c2cc(C)ccc2C)cc1. The molecule has 1 amide bonds. The van der Waals surface area contributed by atoms with E-state index in [0.717, 1.165) is 5.56 Å². The van der Waals surface area contributed by atoms with Crippen molar-refractivity contribution in [3.63, 3.8) is 0 Å². The lowest BCUT2D eigenvalue weighted by atomic mass is 10.2. The number of ether oxygens (including phenoxy) is 1. The van der Waals surface area contributed by atoms with E-state index in [2.05, 4.69) is 14.8 Å². The number of benzene rings is 2. The van der Waals surface area contributed by atoms with Crippen molar-refractivity contribution in [2.24, 2.45) is 0 Å². The van der Waals surface area contributed by atoms with Crippen LogP contribution >= 0.6 is 0 Å². The smallest absolute Gasteiger partial charge is 0.251 e. The second-order valence-corrected chi connectivity index (χ2v) is 10.3. The Morgan fingerprint density at radius 3 is 2.16 bits per heavy atom. The number of nitrogens with one attached hydrogen (secondary N) is 3. The molecule has 2 rings (SSSR count). The van der Waals surface area contributed by atoms with Crippen LogP contribution in [0.4, 0.5) is 0 Å². The molecule has 9 nitrogen and oxygen atoms in total. The molecule has 0 aliphatic carbocycles. The summed E-state index contributed by atoms with van der Waals surface area (Å²) in [5.74, 6) is -0.442. The maximum absolute atomic E-state index is 12.5. The number of aryl methyl sites for hydroxylation is 2. The van der Waals surface area contributed by atoms with Crippen LogP contribution < -0.4 is 14.8 Å². The Balaban J connectivity index is 1.89. The van der Waals surface area contributed by atoms with E-state index in [-0.39, 0.29) is 41.6 Å². The summed E-state index contributed by atoms with van der Waals surface area (Å²) in [6, 6.07) is 10.6. The first-order chi connectivity index (χ1) is 14.6. The van der Waals surface area contributed by atoms with Crippen molar-refractivity contribution in [1.82, 2.24) is 14.8 Å². The number of sulfonamides is 2. The van der Waals surface area contributed by atoms with Gasteiger partial charge in [0, 0.05) is 32.3 Å². The van der Waals surface area contributed by atoms with Crippen LogP contribution in [-0.2, 0) is 24.8 Å². The molecule has 0 aliphatic heterocycles. The van der Waals surface area contributed by atoms with E-state index in [4.69, 9.17) is 4.74 Å². The second kappa shape index (κ2) is 10.8. The summed E-state index contributed by atoms with van der Waals surface area (Å²) < 4.78 is 58.8. The predicted molar refractivity (Wildman–Crippen MR) is 117 cm³/mol. The van der Waals surface area contributed by atoms with Gasteiger partial charge in [-0.15, -0.1) is 0 Å². The zero-order valence-electron chi connectivity index (χ0n) is 17.6. The highest BCUT2D eigenvalue weighted by atomic mass is 32.2. The average Bonchev–Trinajstić information content (AvgIpc) is 2.73. The monoisotopic (exact) mass is 469 g/mol. The van der Waals surface area contributed by atoms with Crippen LogP contribution in [0, 0.1) is 13.8 Å². The minimum absolute atomic E-state index is 0.0112. The van der Waals surface area contributed by atoms with Gasteiger partial charge in [-0.05, 0) is 55.3 Å². The molecule has 0 radical (unpaired) electrons. The van der Waals surface area contributed by atoms with Crippen molar-refractivity contribution in [2.45, 2.75) is 23.6 Å². The van der Waals surface area contributed by atoms with Crippen LogP contribution in [0.1, 0.15) is 21.5 Å². The number of amides is 1. The van der Waals surface area contributed by atoms with Gasteiger partial charge >= 0.3 is 0 Å². The zero-order chi connectivity index (χ0) is 23.1. The van der Waals surface area contributed by atoms with E-state index in [1.165, 1.54) is 31.4 Å². The molecule has 0 saturated heterocycles. The van der Waals surface area contributed by atoms with Crippen LogP contribution in [0.15, 0.2) is 52.3 Å². The van der Waals surface area contributed by atoms with Gasteiger partial charge in [-0.2, -0.15) is 0 Å². The fourth-order valence-corrected chi connectivity index (χ4v) is 5.06. The van der Waals surface area contributed by atoms with Crippen molar-refractivity contribution < 1.29 is 26.4 Å². The molecule has 31 heavy (non-hydrogen) atoms. The number of hydrogen-bond acceptors (Lipinski definition) is 6. The summed E-state index contributed by atoms with van der Waals surface area (Å²) in [4.78, 5) is 12.5. The van der Waals surface area contributed by atoms with E-state index in [0.29, 0.717) is 5.56 Å². The topological polar surface area (TPSA) is 131 Å². The van der Waals surface area contributed by atoms with E-state index < -0.39 is 26.0 Å². The maximum Gasteiger partial charge on any atom is 0.251 e. The summed E-state index contributed by atoms with van der Waals surface area (Å²) >= 11 is 0. The second-order valence-electron chi connectivity index (χ2n) is 6.84. The molecule has 2 aromatic carbocycles. The molecule has 3 N–H and O–H groups in total. The Hall–Kier alpha value is -2.31. The zero-order valence-corrected chi connectivity index (χ0v) is 19.3. The molecule has 0 atom stereocenters. The summed E-state index contributed by atoms with van der Waals surface area (Å²) in [5, 5.41) is 2.60. The Labute approximate surface area is 183 Å². The lowest BCUT2D eigenvalue weighted by Gasteiger charge is -2.11. The quantitative estimate of drug-likeness (QED) is 0.420. The van der Waals surface area contributed by atoms with Crippen molar-refractivity contribution in [2.75, 3.05) is 33.4 Å². The molecule has 0 spiro atoms. The highest BCUT2D eigenvalue weighted by Gasteiger charge is 2.17. The van der Waals surface area contributed by atoms with Gasteiger partial charge in [-0.3, -0.25) is 4.79 Å². The van der Waals surface area contributed by atoms with Gasteiger partial charge in [-0.25, -0.2) is 26.3 Å². The van der Waals surface area contributed by atoms with Crippen molar-refractivity contribution in [3.8, 4) is 0 Å². The molecule has 170 valence electrons. The minimum Gasteiger partial charge on any atom is -0.383 e. The van der Waals surface area contributed by atoms with E-state index in [1.807, 2.05) is 13.0 Å². The first-order valence-corrected chi connectivity index (χ1v) is 12.5. The average molecular weight is 470 g/mol. The molecule has 0 saturated carbocycles. The van der Waals surface area contributed by atoms with Gasteiger partial charge in [0.05, 0.1) is 16.4 Å². The molecule has 2 aromatic rings. The van der Waals surface area contributed by atoms with Gasteiger partial charge in [-0.1, -0.05) is 12.1 Å². The van der Waals surface area contributed by atoms with Crippen molar-refractivity contribution >= 4 is 26.0 Å². The lowest BCUT2D eigenvalue weighted by Crippen LogP contribution is -2.35. The van der Waals surface area contributed by atoms with Crippen LogP contribution in [0.2, 0.25) is 0 Å². The van der Waals surface area contributed by atoms with Crippen LogP contribution in [0.5, 0.6) is 0 Å². The third-order valence-corrected chi connectivity index (χ3v) is 7.44. The highest BCUT2D eigenvalue weighted by molar-refractivity contribution is 7.89. The van der Waals surface area contributed by atoms with Crippen LogP contribution in [-0.4, -0.2) is 56.1 Å². The maximum atomic E-state index is 12.5. The van der Waals surface area contributed by atoms with Gasteiger partial charge in [0.2, 0.25) is 20.0 Å². The summed E-state index contributed by atoms with van der Waals surface area (Å²) in [6.07, 6.45) is 0. The number of carbonyl (C=O) groups excluding carboxylic acids is 1. The van der Waals surface area contributed by atoms with Gasteiger partial charge in [0.15, 0.2) is 0 Å². The summed E-state index contributed by atoms with van der Waals surface area (Å²) in [6.45, 7) is 3.99. The minimum atomic E-state index is -3.69. The molecule has 11 heteroatoms. The first-order valence-electron chi connectivity index (χ1n) is 9.50. The Bertz CT molecular complexity index is 1110. The van der Waals surface area contributed by atoms with Gasteiger partial charge in [0.25, 0.3) is 5.91 Å². The molecule has 0 heterocycles. The van der Waals surface area contributed by atoms with Gasteiger partial charge < -0.3 is 10.1 Å². The third kappa shape index (κ3) is 7.11. The standard InChI is InChI=1S/C20H27N3O6S2/c1-15-4-5-16(2)19(14-15)31(27,28)22-11-10-21-20(24)17-6-8-18(9-7-17)30(25,26)23-12-13-29-3/h4-9,14,22-23H,10-13H2,1-3H3,(H,21,24). The predicted octanol–water partition coefficient (Wildman–Crippen LogP) is 0.936. The molecule has 0 aromatic heterocycles. The Kier molecular flexibility index (Phi) is 8.71. The number of hydrogen-bond donors (Lipinski definition) is 3. The number of methoxy groups -OCH3 is 1. The largest absolute Gasteiger partial charge is 0.383 e. The van der Waals surface area contributed by atoms with Gasteiger partial charge in [0.1, 0.15) is 0 Å². The lowest BCUT2D eigenvalue weighted by molar-refractivity contribution is 0.0954. The first kappa shape index (κ1) is 25.0. The van der Waals surface area contributed by atoms with E-state index in [9.17, 15) is 21.6 Å². The third-order valence-electron chi connectivity index (χ3n) is 4.36. The van der Waals surface area contributed by atoms with Crippen LogP contribution in [0.3, 0.4) is 0 Å². The molecule has 0 bridgehead atoms. The normalized spacial score (nSPS) is 12.0. The summed E-state index contributed by atoms with van der Waals surface area (Å²) in [7, 11) is -5.91. The van der Waals surface area contributed by atoms with Crippen molar-refractivity contribution in [3.05, 3.63) is 59.2 Å². The van der Waals surface area contributed by atoms with E-state index >= 15 is 0 Å². The number of carbonyl (C=O) groups is 1. The molecular formula is C20H27N3O6S2. The fourth-order valence-electron chi connectivity index (χ4n) is 2.68. The molecule has 0 aliphatic rings. The van der Waals surface area contributed by atoms with E-state index in [1.54, 1.807) is 19.1 Å². The Morgan fingerprint density at radius 1 is 0.871 bits per heavy atom. The molecule has 0 fully saturated rings. The fraction of sp³-hybridized carbons (Fsp3) is 0.350.